The highest BCUT2D eigenvalue weighted by atomic mass is 32.2. The summed E-state index contributed by atoms with van der Waals surface area (Å²) in [4.78, 5) is -0.209. The summed E-state index contributed by atoms with van der Waals surface area (Å²) in [5.41, 5.74) is 0. The van der Waals surface area contributed by atoms with Gasteiger partial charge in [-0.2, -0.15) is 8.42 Å². The zero-order valence-electron chi connectivity index (χ0n) is 11.8. The third-order valence-electron chi connectivity index (χ3n) is 2.64. The minimum atomic E-state index is -4.21. The van der Waals surface area contributed by atoms with Crippen molar-refractivity contribution in [3.63, 3.8) is 0 Å². The molecule has 0 atom stereocenters. The van der Waals surface area contributed by atoms with Crippen molar-refractivity contribution in [1.82, 2.24) is 4.72 Å². The number of benzene rings is 1. The average Bonchev–Trinajstić information content (AvgIpc) is 2.37. The third-order valence-corrected chi connectivity index (χ3v) is 5.35. The van der Waals surface area contributed by atoms with Crippen molar-refractivity contribution in [2.75, 3.05) is 13.2 Å². The van der Waals surface area contributed by atoms with Gasteiger partial charge in [-0.3, -0.25) is 4.55 Å². The van der Waals surface area contributed by atoms with E-state index in [0.717, 1.165) is 0 Å². The fourth-order valence-electron chi connectivity index (χ4n) is 1.35. The first kappa shape index (κ1) is 17.9. The maximum atomic E-state index is 11.5. The first-order valence-corrected chi connectivity index (χ1v) is 9.30. The molecule has 0 aliphatic heterocycles. The van der Waals surface area contributed by atoms with Crippen LogP contribution in [0, 0.1) is 0 Å². The van der Waals surface area contributed by atoms with E-state index in [-0.39, 0.29) is 18.0 Å². The lowest BCUT2D eigenvalue weighted by Gasteiger charge is -2.10. The average molecular weight is 337 g/mol. The number of hydrogen-bond donors (Lipinski definition) is 2. The van der Waals surface area contributed by atoms with Crippen molar-refractivity contribution in [1.29, 1.82) is 0 Å². The van der Waals surface area contributed by atoms with E-state index in [1.165, 1.54) is 24.3 Å². The molecule has 0 aromatic heterocycles. The molecule has 0 saturated heterocycles. The van der Waals surface area contributed by atoms with Gasteiger partial charge < -0.3 is 4.74 Å². The molecule has 0 aliphatic rings. The second kappa shape index (κ2) is 7.21. The molecule has 0 aliphatic carbocycles. The largest absolute Gasteiger partial charge is 0.494 e. The van der Waals surface area contributed by atoms with Crippen LogP contribution in [-0.2, 0) is 20.1 Å². The quantitative estimate of drug-likeness (QED) is 0.541. The third kappa shape index (κ3) is 6.00. The molecule has 2 N–H and O–H groups in total. The molecule has 120 valence electrons. The molecule has 0 spiro atoms. The fourth-order valence-corrected chi connectivity index (χ4v) is 2.59. The van der Waals surface area contributed by atoms with Crippen molar-refractivity contribution in [2.45, 2.75) is 30.4 Å². The van der Waals surface area contributed by atoms with E-state index in [9.17, 15) is 16.8 Å². The Morgan fingerprint density at radius 1 is 1.14 bits per heavy atom. The van der Waals surface area contributed by atoms with E-state index in [1.54, 1.807) is 13.8 Å². The van der Waals surface area contributed by atoms with Gasteiger partial charge in [-0.1, -0.05) is 0 Å². The minimum Gasteiger partial charge on any atom is -0.494 e. The number of rotatable bonds is 8. The molecule has 9 heteroatoms. The molecular formula is C12H19NO6S2. The summed E-state index contributed by atoms with van der Waals surface area (Å²) < 4.78 is 61.2. The molecule has 0 saturated carbocycles. The van der Waals surface area contributed by atoms with E-state index < -0.39 is 25.4 Å². The first-order valence-electron chi connectivity index (χ1n) is 6.32. The van der Waals surface area contributed by atoms with Crippen LogP contribution in [-0.4, -0.2) is 39.8 Å². The minimum absolute atomic E-state index is 0.209. The second-order valence-corrected chi connectivity index (χ2v) is 8.38. The van der Waals surface area contributed by atoms with Crippen molar-refractivity contribution in [3.05, 3.63) is 24.3 Å². The molecule has 21 heavy (non-hydrogen) atoms. The normalized spacial score (nSPS) is 12.6. The molecule has 1 aromatic rings. The smallest absolute Gasteiger partial charge is 0.294 e. The number of sulfonamides is 1. The van der Waals surface area contributed by atoms with Crippen LogP contribution in [0.1, 0.15) is 20.3 Å². The highest BCUT2D eigenvalue weighted by Crippen LogP contribution is 2.15. The Morgan fingerprint density at radius 3 is 2.19 bits per heavy atom. The highest BCUT2D eigenvalue weighted by molar-refractivity contribution is 7.90. The Hall–Kier alpha value is -1.16. The van der Waals surface area contributed by atoms with Crippen molar-refractivity contribution in [2.24, 2.45) is 0 Å². The van der Waals surface area contributed by atoms with E-state index in [4.69, 9.17) is 9.29 Å². The van der Waals surface area contributed by atoms with Crippen molar-refractivity contribution < 1.29 is 26.1 Å². The van der Waals surface area contributed by atoms with Crippen molar-refractivity contribution in [3.8, 4) is 5.75 Å². The van der Waals surface area contributed by atoms with Gasteiger partial charge in [0.05, 0.1) is 16.8 Å². The molecule has 0 amide bonds. The molecule has 0 bridgehead atoms. The van der Waals surface area contributed by atoms with Crippen LogP contribution in [0.25, 0.3) is 0 Å². The lowest BCUT2D eigenvalue weighted by molar-refractivity contribution is 0.311. The molecule has 0 fully saturated rings. The van der Waals surface area contributed by atoms with Crippen LogP contribution in [0.5, 0.6) is 5.75 Å². The molecule has 0 heterocycles. The van der Waals surface area contributed by atoms with Gasteiger partial charge >= 0.3 is 0 Å². The second-order valence-electron chi connectivity index (χ2n) is 4.64. The fraction of sp³-hybridized carbons (Fsp3) is 0.500. The lowest BCUT2D eigenvalue weighted by atomic mass is 10.3. The van der Waals surface area contributed by atoms with Gasteiger partial charge in [-0.15, -0.1) is 0 Å². The Labute approximate surface area is 125 Å². The maximum Gasteiger partial charge on any atom is 0.294 e. The summed E-state index contributed by atoms with van der Waals surface area (Å²) >= 11 is 0. The van der Waals surface area contributed by atoms with Gasteiger partial charge in [0.1, 0.15) is 5.75 Å². The SMILES string of the molecule is CC(C)S(=O)(=O)NCCCOc1ccc(S(=O)(=O)O)cc1. The zero-order chi connectivity index (χ0) is 16.1. The molecular weight excluding hydrogens is 318 g/mol. The van der Waals surface area contributed by atoms with Crippen LogP contribution in [0.3, 0.4) is 0 Å². The molecule has 1 aromatic carbocycles. The summed E-state index contributed by atoms with van der Waals surface area (Å²) in [5.74, 6) is 0.439. The Balaban J connectivity index is 2.37. The van der Waals surface area contributed by atoms with E-state index in [1.807, 2.05) is 0 Å². The van der Waals surface area contributed by atoms with Gasteiger partial charge in [0, 0.05) is 6.54 Å². The predicted molar refractivity (Wildman–Crippen MR) is 78.4 cm³/mol. The topological polar surface area (TPSA) is 110 Å². The number of hydrogen-bond acceptors (Lipinski definition) is 5. The lowest BCUT2D eigenvalue weighted by Crippen LogP contribution is -2.32. The standard InChI is InChI=1S/C12H19NO6S2/c1-10(2)20(14,15)13-8-3-9-19-11-4-6-12(7-5-11)21(16,17)18/h4-7,10,13H,3,8-9H2,1-2H3,(H,16,17,18). The van der Waals surface area contributed by atoms with Gasteiger partial charge in [0.25, 0.3) is 10.1 Å². The molecule has 1 rings (SSSR count). The van der Waals surface area contributed by atoms with Gasteiger partial charge in [0.2, 0.25) is 10.0 Å². The summed E-state index contributed by atoms with van der Waals surface area (Å²) in [6.07, 6.45) is 0.478. The van der Waals surface area contributed by atoms with Crippen LogP contribution >= 0.6 is 0 Å². The van der Waals surface area contributed by atoms with Gasteiger partial charge in [-0.25, -0.2) is 13.1 Å². The molecule has 7 nitrogen and oxygen atoms in total. The van der Waals surface area contributed by atoms with E-state index >= 15 is 0 Å². The number of nitrogens with one attached hydrogen (secondary N) is 1. The molecule has 0 radical (unpaired) electrons. The Morgan fingerprint density at radius 2 is 1.71 bits per heavy atom. The summed E-state index contributed by atoms with van der Waals surface area (Å²) in [7, 11) is -7.47. The summed E-state index contributed by atoms with van der Waals surface area (Å²) in [6.45, 7) is 3.74. The monoisotopic (exact) mass is 337 g/mol. The van der Waals surface area contributed by atoms with Crippen LogP contribution in [0.4, 0.5) is 0 Å². The molecule has 0 unspecified atom stereocenters. The number of ether oxygens (including phenoxy) is 1. The van der Waals surface area contributed by atoms with Crippen molar-refractivity contribution >= 4 is 20.1 Å². The van der Waals surface area contributed by atoms with Crippen LogP contribution < -0.4 is 9.46 Å². The van der Waals surface area contributed by atoms with E-state index in [2.05, 4.69) is 4.72 Å². The van der Waals surface area contributed by atoms with Crippen LogP contribution in [0.15, 0.2) is 29.2 Å². The summed E-state index contributed by atoms with van der Waals surface area (Å²) in [5, 5.41) is -0.480. The summed E-state index contributed by atoms with van der Waals surface area (Å²) in [6, 6.07) is 5.29. The maximum absolute atomic E-state index is 11.5. The Kier molecular flexibility index (Phi) is 6.14. The highest BCUT2D eigenvalue weighted by Gasteiger charge is 2.14. The van der Waals surface area contributed by atoms with E-state index in [0.29, 0.717) is 12.2 Å². The van der Waals surface area contributed by atoms with Gasteiger partial charge in [-0.05, 0) is 44.5 Å². The Bertz CT molecular complexity index is 649. The predicted octanol–water partition coefficient (Wildman–Crippen LogP) is 1.03. The zero-order valence-corrected chi connectivity index (χ0v) is 13.4. The van der Waals surface area contributed by atoms with Gasteiger partial charge in [0.15, 0.2) is 0 Å². The van der Waals surface area contributed by atoms with Crippen LogP contribution in [0.2, 0.25) is 0 Å². The first-order chi connectivity index (χ1) is 9.63.